The van der Waals surface area contributed by atoms with Crippen molar-refractivity contribution in [1.82, 2.24) is 4.31 Å². The van der Waals surface area contributed by atoms with E-state index in [1.54, 1.807) is 12.1 Å². The predicted octanol–water partition coefficient (Wildman–Crippen LogP) is 2.84. The van der Waals surface area contributed by atoms with Gasteiger partial charge in [0, 0.05) is 51.1 Å². The molecule has 2 aliphatic heterocycles. The molecular formula is C22H28N4O5S. The molecule has 2 heterocycles. The second kappa shape index (κ2) is 9.85. The third-order valence-electron chi connectivity index (χ3n) is 5.91. The van der Waals surface area contributed by atoms with Gasteiger partial charge in [-0.3, -0.25) is 10.1 Å². The van der Waals surface area contributed by atoms with Crippen molar-refractivity contribution in [2.24, 2.45) is 0 Å². The Morgan fingerprint density at radius 3 is 2.50 bits per heavy atom. The molecule has 9 nitrogen and oxygen atoms in total. The van der Waals surface area contributed by atoms with Crippen LogP contribution in [-0.2, 0) is 20.5 Å². The van der Waals surface area contributed by atoms with E-state index in [0.717, 1.165) is 30.7 Å². The quantitative estimate of drug-likeness (QED) is 0.477. The van der Waals surface area contributed by atoms with Crippen LogP contribution in [0.15, 0.2) is 48.5 Å². The number of nitro benzene ring substituents is 1. The molecule has 2 saturated heterocycles. The third-order valence-corrected chi connectivity index (χ3v) is 7.76. The molecule has 1 atom stereocenters. The summed E-state index contributed by atoms with van der Waals surface area (Å²) in [5, 5.41) is 14.6. The van der Waals surface area contributed by atoms with Crippen LogP contribution in [0.3, 0.4) is 0 Å². The van der Waals surface area contributed by atoms with Crippen LogP contribution in [0.4, 0.5) is 17.1 Å². The van der Waals surface area contributed by atoms with Gasteiger partial charge in [0.15, 0.2) is 0 Å². The number of hydrogen-bond acceptors (Lipinski definition) is 7. The lowest BCUT2D eigenvalue weighted by molar-refractivity contribution is -0.383. The van der Waals surface area contributed by atoms with Gasteiger partial charge in [0.05, 0.1) is 16.8 Å². The van der Waals surface area contributed by atoms with Gasteiger partial charge in [-0.2, -0.15) is 4.31 Å². The van der Waals surface area contributed by atoms with Crippen LogP contribution in [0.25, 0.3) is 0 Å². The summed E-state index contributed by atoms with van der Waals surface area (Å²) in [7, 11) is -3.40. The molecule has 0 aromatic heterocycles. The van der Waals surface area contributed by atoms with Crippen molar-refractivity contribution < 1.29 is 18.1 Å². The Morgan fingerprint density at radius 2 is 1.84 bits per heavy atom. The Hall–Kier alpha value is -2.69. The molecule has 1 N–H and O–H groups in total. The molecule has 172 valence electrons. The van der Waals surface area contributed by atoms with Gasteiger partial charge in [0.25, 0.3) is 5.69 Å². The Bertz CT molecular complexity index is 1030. The average molecular weight is 461 g/mol. The molecule has 0 aliphatic carbocycles. The molecule has 0 amide bonds. The van der Waals surface area contributed by atoms with Crippen LogP contribution in [0, 0.1) is 10.1 Å². The van der Waals surface area contributed by atoms with Gasteiger partial charge in [-0.05, 0) is 30.5 Å². The van der Waals surface area contributed by atoms with Crippen molar-refractivity contribution >= 4 is 27.1 Å². The maximum atomic E-state index is 12.8. The van der Waals surface area contributed by atoms with Crippen molar-refractivity contribution in [2.75, 3.05) is 49.5 Å². The molecule has 0 radical (unpaired) electrons. The second-order valence-electron chi connectivity index (χ2n) is 8.10. The topological polar surface area (TPSA) is 105 Å². The van der Waals surface area contributed by atoms with Gasteiger partial charge < -0.3 is 15.0 Å². The first kappa shape index (κ1) is 22.5. The predicted molar refractivity (Wildman–Crippen MR) is 123 cm³/mol. The summed E-state index contributed by atoms with van der Waals surface area (Å²) in [5.41, 5.74) is 2.09. The van der Waals surface area contributed by atoms with Crippen molar-refractivity contribution in [2.45, 2.75) is 24.7 Å². The minimum atomic E-state index is -3.40. The van der Waals surface area contributed by atoms with Crippen LogP contribution in [0.5, 0.6) is 0 Å². The zero-order chi connectivity index (χ0) is 22.6. The molecule has 2 fully saturated rings. The Kier molecular flexibility index (Phi) is 6.92. The summed E-state index contributed by atoms with van der Waals surface area (Å²) >= 11 is 0. The molecule has 0 unspecified atom stereocenters. The maximum Gasteiger partial charge on any atom is 0.292 e. The van der Waals surface area contributed by atoms with E-state index in [2.05, 4.69) is 10.2 Å². The average Bonchev–Trinajstić information content (AvgIpc) is 3.32. The number of sulfonamides is 1. The van der Waals surface area contributed by atoms with E-state index in [0.29, 0.717) is 38.4 Å². The van der Waals surface area contributed by atoms with Gasteiger partial charge in [0.1, 0.15) is 5.69 Å². The molecule has 0 spiro atoms. The molecule has 2 aliphatic rings. The van der Waals surface area contributed by atoms with Crippen molar-refractivity contribution in [1.29, 1.82) is 0 Å². The van der Waals surface area contributed by atoms with E-state index >= 15 is 0 Å². The van der Waals surface area contributed by atoms with Crippen molar-refractivity contribution in [3.05, 3.63) is 64.2 Å². The fourth-order valence-corrected chi connectivity index (χ4v) is 5.67. The summed E-state index contributed by atoms with van der Waals surface area (Å²) in [5.74, 6) is -0.0112. The molecule has 2 aromatic rings. The van der Waals surface area contributed by atoms with E-state index in [1.807, 2.05) is 30.3 Å². The van der Waals surface area contributed by atoms with Crippen molar-refractivity contribution in [3.63, 3.8) is 0 Å². The largest absolute Gasteiger partial charge is 0.377 e. The number of benzene rings is 2. The summed E-state index contributed by atoms with van der Waals surface area (Å²) in [4.78, 5) is 13.1. The summed E-state index contributed by atoms with van der Waals surface area (Å²) < 4.78 is 32.7. The number of piperazine rings is 1. The van der Waals surface area contributed by atoms with E-state index in [9.17, 15) is 18.5 Å². The molecule has 0 bridgehead atoms. The van der Waals surface area contributed by atoms with Gasteiger partial charge in [-0.25, -0.2) is 8.42 Å². The Morgan fingerprint density at radius 1 is 1.09 bits per heavy atom. The first-order chi connectivity index (χ1) is 15.4. The molecule has 2 aromatic carbocycles. The fraction of sp³-hybridized carbons (Fsp3) is 0.455. The van der Waals surface area contributed by atoms with Crippen LogP contribution in [0.1, 0.15) is 18.4 Å². The number of nitrogens with one attached hydrogen (secondary N) is 1. The van der Waals surface area contributed by atoms with E-state index in [1.165, 1.54) is 10.4 Å². The number of rotatable bonds is 8. The Labute approximate surface area is 188 Å². The highest BCUT2D eigenvalue weighted by Gasteiger charge is 2.28. The first-order valence-electron chi connectivity index (χ1n) is 10.8. The van der Waals surface area contributed by atoms with Crippen LogP contribution >= 0.6 is 0 Å². The standard InChI is InChI=1S/C22H28N4O5S/c27-26(28)22-9-8-19(15-21(22)23-16-20-7-4-14-31-20)24-10-12-25(13-11-24)32(29,30)17-18-5-2-1-3-6-18/h1-3,5-6,8-9,15,20,23H,4,7,10-14,16-17H2/t20-/m1/s1. The monoisotopic (exact) mass is 460 g/mol. The number of anilines is 2. The minimum absolute atomic E-state index is 0.0112. The number of nitrogens with zero attached hydrogens (tertiary/aromatic N) is 3. The fourth-order valence-electron chi connectivity index (χ4n) is 4.15. The van der Waals surface area contributed by atoms with Crippen molar-refractivity contribution in [3.8, 4) is 0 Å². The van der Waals surface area contributed by atoms with E-state index in [-0.39, 0.29) is 17.5 Å². The lowest BCUT2D eigenvalue weighted by atomic mass is 10.2. The molecule has 4 rings (SSSR count). The van der Waals surface area contributed by atoms with Crippen LogP contribution < -0.4 is 10.2 Å². The summed E-state index contributed by atoms with van der Waals surface area (Å²) in [6, 6.07) is 14.2. The van der Waals surface area contributed by atoms with Gasteiger partial charge >= 0.3 is 0 Å². The highest BCUT2D eigenvalue weighted by Crippen LogP contribution is 2.31. The zero-order valence-electron chi connectivity index (χ0n) is 17.9. The maximum absolute atomic E-state index is 12.8. The number of hydrogen-bond donors (Lipinski definition) is 1. The van der Waals surface area contributed by atoms with Crippen LogP contribution in [-0.4, -0.2) is 63.1 Å². The third kappa shape index (κ3) is 5.37. The number of ether oxygens (including phenoxy) is 1. The molecular weight excluding hydrogens is 432 g/mol. The Balaban J connectivity index is 1.41. The van der Waals surface area contributed by atoms with Gasteiger partial charge in [0.2, 0.25) is 10.0 Å². The second-order valence-corrected chi connectivity index (χ2v) is 10.1. The zero-order valence-corrected chi connectivity index (χ0v) is 18.7. The normalized spacial score (nSPS) is 19.8. The van der Waals surface area contributed by atoms with Gasteiger partial charge in [-0.1, -0.05) is 30.3 Å². The summed E-state index contributed by atoms with van der Waals surface area (Å²) in [6.07, 6.45) is 2.02. The summed E-state index contributed by atoms with van der Waals surface area (Å²) in [6.45, 7) is 3.06. The molecule has 0 saturated carbocycles. The minimum Gasteiger partial charge on any atom is -0.377 e. The SMILES string of the molecule is O=[N+]([O-])c1ccc(N2CCN(S(=O)(=O)Cc3ccccc3)CC2)cc1NC[C@H]1CCCO1. The number of nitro groups is 1. The molecule has 10 heteroatoms. The van der Waals surface area contributed by atoms with E-state index in [4.69, 9.17) is 4.74 Å². The highest BCUT2D eigenvalue weighted by molar-refractivity contribution is 7.88. The highest BCUT2D eigenvalue weighted by atomic mass is 32.2. The molecule has 32 heavy (non-hydrogen) atoms. The van der Waals surface area contributed by atoms with E-state index < -0.39 is 14.9 Å². The lowest BCUT2D eigenvalue weighted by Crippen LogP contribution is -2.49. The smallest absolute Gasteiger partial charge is 0.292 e. The first-order valence-corrected chi connectivity index (χ1v) is 12.4. The van der Waals surface area contributed by atoms with Gasteiger partial charge in [-0.15, -0.1) is 0 Å². The lowest BCUT2D eigenvalue weighted by Gasteiger charge is -2.35. The van der Waals surface area contributed by atoms with Crippen LogP contribution in [0.2, 0.25) is 0 Å².